The number of pyridine rings is 1. The van der Waals surface area contributed by atoms with Gasteiger partial charge in [0.15, 0.2) is 11.4 Å². The Balaban J connectivity index is 1.44. The average Bonchev–Trinajstić information content (AvgIpc) is 3.53. The van der Waals surface area contributed by atoms with E-state index in [2.05, 4.69) is 5.43 Å². The lowest BCUT2D eigenvalue weighted by molar-refractivity contribution is 0.0649. The number of halogens is 1. The van der Waals surface area contributed by atoms with Crippen molar-refractivity contribution in [1.82, 2.24) is 9.58 Å². The maximum atomic E-state index is 13.2. The van der Waals surface area contributed by atoms with E-state index in [1.165, 1.54) is 16.9 Å². The van der Waals surface area contributed by atoms with Gasteiger partial charge in [-0.1, -0.05) is 30.3 Å². The Kier molecular flexibility index (Phi) is 2.95. The molecular weight excluding hydrogens is 325 g/mol. The summed E-state index contributed by atoms with van der Waals surface area (Å²) in [5.74, 6) is -0.313. The summed E-state index contributed by atoms with van der Waals surface area (Å²) in [7, 11) is 0. The van der Waals surface area contributed by atoms with Crippen LogP contribution in [-0.2, 0) is 6.61 Å². The molecule has 1 N–H and O–H groups in total. The summed E-state index contributed by atoms with van der Waals surface area (Å²) in [4.78, 5) is 26.8. The average molecular weight is 341 g/mol. The third-order valence-corrected chi connectivity index (χ3v) is 5.20. The smallest absolute Gasteiger partial charge is 0.278 e. The van der Waals surface area contributed by atoms with Crippen LogP contribution in [0.3, 0.4) is 0 Å². The third-order valence-electron chi connectivity index (χ3n) is 5.20. The number of hydrogen-bond acceptors (Lipinski definition) is 4. The van der Waals surface area contributed by atoms with Crippen LogP contribution in [0, 0.1) is 11.8 Å². The number of fused-ring (bicyclic) bond motifs is 2. The zero-order chi connectivity index (χ0) is 17.1. The molecule has 2 unspecified atom stereocenters. The van der Waals surface area contributed by atoms with Gasteiger partial charge in [-0.05, 0) is 5.56 Å². The predicted molar refractivity (Wildman–Crippen MR) is 87.5 cm³/mol. The topological polar surface area (TPSA) is 63.6 Å². The van der Waals surface area contributed by atoms with Gasteiger partial charge in [0.05, 0.1) is 0 Å². The van der Waals surface area contributed by atoms with Gasteiger partial charge < -0.3 is 15.1 Å². The number of rotatable bonds is 4. The number of nitrogens with zero attached hydrogens (tertiary/aromatic N) is 2. The number of alkyl halides is 1. The molecular formula is C18H16FN3O3. The van der Waals surface area contributed by atoms with Crippen LogP contribution in [-0.4, -0.2) is 34.4 Å². The van der Waals surface area contributed by atoms with Gasteiger partial charge in [-0.25, -0.2) is 4.39 Å². The van der Waals surface area contributed by atoms with Gasteiger partial charge in [0, 0.05) is 30.1 Å². The number of aromatic nitrogens is 1. The minimum atomic E-state index is -0.772. The summed E-state index contributed by atoms with van der Waals surface area (Å²) in [6, 6.07) is 10.7. The summed E-state index contributed by atoms with van der Waals surface area (Å²) >= 11 is 0. The second-order valence-electron chi connectivity index (χ2n) is 6.68. The van der Waals surface area contributed by atoms with E-state index < -0.39 is 6.17 Å². The molecule has 2 saturated carbocycles. The zero-order valence-corrected chi connectivity index (χ0v) is 13.3. The highest BCUT2D eigenvalue weighted by Gasteiger charge is 2.77. The van der Waals surface area contributed by atoms with Crippen LogP contribution in [0.15, 0.2) is 47.4 Å². The van der Waals surface area contributed by atoms with Crippen LogP contribution in [0.1, 0.15) is 16.1 Å². The molecule has 2 fully saturated rings. The Morgan fingerprint density at radius 2 is 1.92 bits per heavy atom. The quantitative estimate of drug-likeness (QED) is 0.912. The molecule has 2 heterocycles. The molecule has 2 atom stereocenters. The Morgan fingerprint density at radius 1 is 1.16 bits per heavy atom. The van der Waals surface area contributed by atoms with Crippen molar-refractivity contribution in [2.75, 3.05) is 12.1 Å². The van der Waals surface area contributed by atoms with E-state index in [9.17, 15) is 14.0 Å². The molecule has 5 rings (SSSR count). The Morgan fingerprint density at radius 3 is 2.64 bits per heavy atom. The Bertz CT molecular complexity index is 904. The molecule has 0 bridgehead atoms. The van der Waals surface area contributed by atoms with Gasteiger partial charge in [0.2, 0.25) is 5.43 Å². The Labute approximate surface area is 142 Å². The standard InChI is InChI=1S/C18H16FN3O3/c19-14-12-13(14)15(12)21-9-20-22-7-6-11(23)17(16(22)18(21)24)25-8-10-4-2-1-3-5-10/h1-7,12-15,20H,8-9H2. The van der Waals surface area contributed by atoms with Crippen molar-refractivity contribution in [2.45, 2.75) is 18.8 Å². The van der Waals surface area contributed by atoms with Crippen LogP contribution < -0.4 is 15.6 Å². The van der Waals surface area contributed by atoms with E-state index in [1.807, 2.05) is 30.3 Å². The first-order chi connectivity index (χ1) is 12.2. The Hall–Kier alpha value is -2.83. The SMILES string of the molecule is O=C1c2c(OCc3ccccc3)c(=O)ccn2NCN1C1C2C(F)C21. The second-order valence-corrected chi connectivity index (χ2v) is 6.68. The summed E-state index contributed by atoms with van der Waals surface area (Å²) < 4.78 is 20.4. The van der Waals surface area contributed by atoms with Gasteiger partial charge in [-0.3, -0.25) is 14.3 Å². The molecule has 3 aliphatic rings. The van der Waals surface area contributed by atoms with Crippen molar-refractivity contribution >= 4 is 5.91 Å². The van der Waals surface area contributed by atoms with E-state index in [-0.39, 0.29) is 47.3 Å². The molecule has 2 aromatic rings. The minimum Gasteiger partial charge on any atom is -0.482 e. The lowest BCUT2D eigenvalue weighted by atomic mass is 10.2. The molecule has 0 spiro atoms. The van der Waals surface area contributed by atoms with Crippen molar-refractivity contribution < 1.29 is 13.9 Å². The summed E-state index contributed by atoms with van der Waals surface area (Å²) in [6.07, 6.45) is 0.750. The summed E-state index contributed by atoms with van der Waals surface area (Å²) in [5, 5.41) is 0. The molecule has 25 heavy (non-hydrogen) atoms. The molecule has 2 aliphatic carbocycles. The first-order valence-electron chi connectivity index (χ1n) is 8.28. The molecule has 0 radical (unpaired) electrons. The van der Waals surface area contributed by atoms with Crippen LogP contribution in [0.5, 0.6) is 5.75 Å². The number of amides is 1. The second kappa shape index (κ2) is 5.08. The molecule has 0 saturated heterocycles. The number of hydrogen-bond donors (Lipinski definition) is 1. The van der Waals surface area contributed by atoms with E-state index in [0.29, 0.717) is 6.67 Å². The molecule has 7 heteroatoms. The highest BCUT2D eigenvalue weighted by atomic mass is 19.1. The number of nitrogens with one attached hydrogen (secondary N) is 1. The molecule has 128 valence electrons. The van der Waals surface area contributed by atoms with Crippen LogP contribution in [0.4, 0.5) is 4.39 Å². The van der Waals surface area contributed by atoms with E-state index in [4.69, 9.17) is 4.74 Å². The fraction of sp³-hybridized carbons (Fsp3) is 0.333. The van der Waals surface area contributed by atoms with Crippen molar-refractivity contribution in [3.05, 3.63) is 64.1 Å². The van der Waals surface area contributed by atoms with E-state index in [0.717, 1.165) is 5.56 Å². The van der Waals surface area contributed by atoms with Crippen LogP contribution >= 0.6 is 0 Å². The maximum absolute atomic E-state index is 13.2. The summed E-state index contributed by atoms with van der Waals surface area (Å²) in [6.45, 7) is 0.499. The molecule has 1 aliphatic heterocycles. The number of ether oxygens (including phenoxy) is 1. The zero-order valence-electron chi connectivity index (χ0n) is 13.3. The highest BCUT2D eigenvalue weighted by molar-refractivity contribution is 5.96. The highest BCUT2D eigenvalue weighted by Crippen LogP contribution is 2.67. The molecule has 1 aromatic carbocycles. The number of benzene rings is 1. The normalized spacial score (nSPS) is 28.7. The van der Waals surface area contributed by atoms with Crippen LogP contribution in [0.25, 0.3) is 0 Å². The lowest BCUT2D eigenvalue weighted by Gasteiger charge is -2.33. The summed E-state index contributed by atoms with van der Waals surface area (Å²) in [5.41, 5.74) is 3.80. The first-order valence-corrected chi connectivity index (χ1v) is 8.28. The lowest BCUT2D eigenvalue weighted by Crippen LogP contribution is -2.50. The van der Waals surface area contributed by atoms with Gasteiger partial charge in [-0.15, -0.1) is 0 Å². The van der Waals surface area contributed by atoms with E-state index >= 15 is 0 Å². The number of carbonyl (C=O) groups excluding carboxylic acids is 1. The number of carbonyl (C=O) groups is 1. The molecule has 6 nitrogen and oxygen atoms in total. The van der Waals surface area contributed by atoms with Gasteiger partial charge >= 0.3 is 0 Å². The molecule has 1 aromatic heterocycles. The fourth-order valence-corrected chi connectivity index (χ4v) is 3.63. The molecule has 1 amide bonds. The van der Waals surface area contributed by atoms with Crippen molar-refractivity contribution in [3.63, 3.8) is 0 Å². The van der Waals surface area contributed by atoms with E-state index in [1.54, 1.807) is 4.90 Å². The van der Waals surface area contributed by atoms with Gasteiger partial charge in [0.1, 0.15) is 19.4 Å². The minimum absolute atomic E-state index is 0.0265. The largest absolute Gasteiger partial charge is 0.482 e. The van der Waals surface area contributed by atoms with Gasteiger partial charge in [-0.2, -0.15) is 0 Å². The fourth-order valence-electron chi connectivity index (χ4n) is 3.63. The van der Waals surface area contributed by atoms with Crippen molar-refractivity contribution in [3.8, 4) is 5.75 Å². The van der Waals surface area contributed by atoms with Crippen molar-refractivity contribution in [1.29, 1.82) is 0 Å². The van der Waals surface area contributed by atoms with Crippen molar-refractivity contribution in [2.24, 2.45) is 11.8 Å². The third kappa shape index (κ3) is 2.15. The van der Waals surface area contributed by atoms with Crippen LogP contribution in [0.2, 0.25) is 0 Å². The van der Waals surface area contributed by atoms with Gasteiger partial charge in [0.25, 0.3) is 5.91 Å². The first kappa shape index (κ1) is 14.5. The maximum Gasteiger partial charge on any atom is 0.278 e. The monoisotopic (exact) mass is 341 g/mol. The predicted octanol–water partition coefficient (Wildman–Crippen LogP) is 1.35.